The Balaban J connectivity index is -0.000000867. The van der Waals surface area contributed by atoms with E-state index in [0.29, 0.717) is 0 Å². The Bertz CT molecular complexity index is 416. The van der Waals surface area contributed by atoms with Gasteiger partial charge in [-0.15, -0.1) is 0 Å². The van der Waals surface area contributed by atoms with Gasteiger partial charge in [0, 0.05) is 0 Å². The first-order valence-electron chi connectivity index (χ1n) is 4.41. The van der Waals surface area contributed by atoms with Crippen LogP contribution in [0.25, 0.3) is 0 Å². The average Bonchev–Trinajstić information content (AvgIpc) is 2.23. The van der Waals surface area contributed by atoms with Gasteiger partial charge in [-0.25, -0.2) is 4.21 Å². The summed E-state index contributed by atoms with van der Waals surface area (Å²) in [4.78, 5) is 0. The molecule has 0 aromatic carbocycles. The van der Waals surface area contributed by atoms with Crippen LogP contribution in [0, 0.1) is 0 Å². The summed E-state index contributed by atoms with van der Waals surface area (Å²) in [6.45, 7) is 0. The summed E-state index contributed by atoms with van der Waals surface area (Å²) >= 11 is 77.7. The molecule has 148 valence electrons. The molecule has 0 radical (unpaired) electrons. The zero-order valence-corrected chi connectivity index (χ0v) is 25.5. The molecule has 0 aromatic heterocycles. The van der Waals surface area contributed by atoms with E-state index in [1.165, 1.54) is 0 Å². The summed E-state index contributed by atoms with van der Waals surface area (Å²) < 4.78 is 8.61. The number of rotatable bonds is 3. The molecule has 1 atom stereocenters. The standard InChI is InChI=1S/C6Cl14.K.H2O3S/c7-1(8,3(11,12)5(15,16)17)2(9,10)4(13,14)6(18,19)20;;1-4(2)3/h;;(H2,1,2,3)/q;+1;/p-1. The minimum Gasteiger partial charge on any atom is -0.750 e. The Labute approximate surface area is 258 Å². The molecule has 0 heterocycles. The summed E-state index contributed by atoms with van der Waals surface area (Å²) in [5.74, 6) is 0. The number of hydrogen-bond acceptors (Lipinski definition) is 2. The first-order valence-corrected chi connectivity index (χ1v) is 10.7. The van der Waals surface area contributed by atoms with Crippen LogP contribution in [0.15, 0.2) is 0 Å². The number of alkyl halides is 14. The van der Waals surface area contributed by atoms with Gasteiger partial charge in [0.25, 0.3) is 0 Å². The molecule has 0 fully saturated rings. The molecule has 3 nitrogen and oxygen atoms in total. The minimum atomic E-state index is -2.86. The quantitative estimate of drug-likeness (QED) is 0.265. The molecule has 0 saturated heterocycles. The van der Waals surface area contributed by atoms with E-state index in [1.54, 1.807) is 0 Å². The van der Waals surface area contributed by atoms with Gasteiger partial charge in [0.05, 0.1) is 11.4 Å². The predicted molar refractivity (Wildman–Crippen MR) is 110 cm³/mol. The van der Waals surface area contributed by atoms with E-state index in [4.69, 9.17) is 176 Å². The van der Waals surface area contributed by atoms with Gasteiger partial charge in [0.15, 0.2) is 8.67 Å². The van der Waals surface area contributed by atoms with E-state index in [-0.39, 0.29) is 51.4 Å². The molecule has 0 aliphatic carbocycles. The van der Waals surface area contributed by atoms with Crippen molar-refractivity contribution < 1.29 is 64.7 Å². The normalized spacial score (nSPS) is 15.7. The molecular weight excluding hydrogens is 688 g/mol. The molecule has 19 heteroatoms. The molecule has 0 aliphatic heterocycles. The Morgan fingerprint density at radius 1 is 0.560 bits per heavy atom. The third kappa shape index (κ3) is 8.90. The molecule has 1 unspecified atom stereocenters. The molecule has 0 bridgehead atoms. The molecule has 0 amide bonds. The smallest absolute Gasteiger partial charge is 0.750 e. The second-order valence-corrected chi connectivity index (χ2v) is 13.8. The van der Waals surface area contributed by atoms with Gasteiger partial charge in [-0.05, 0) is 0 Å². The van der Waals surface area contributed by atoms with Crippen molar-refractivity contribution >= 4 is 174 Å². The predicted octanol–water partition coefficient (Wildman–Crippen LogP) is 4.76. The molecule has 1 N–H and O–H groups in total. The van der Waals surface area contributed by atoms with Crippen LogP contribution in [0.3, 0.4) is 0 Å². The Morgan fingerprint density at radius 3 is 0.760 bits per heavy atom. The van der Waals surface area contributed by atoms with Crippen molar-refractivity contribution in [2.24, 2.45) is 0 Å². The van der Waals surface area contributed by atoms with Gasteiger partial charge >= 0.3 is 51.4 Å². The first kappa shape index (κ1) is 35.4. The van der Waals surface area contributed by atoms with Crippen molar-refractivity contribution in [2.45, 2.75) is 24.9 Å². The third-order valence-electron chi connectivity index (χ3n) is 1.90. The third-order valence-corrected chi connectivity index (χ3v) is 10.5. The van der Waals surface area contributed by atoms with Crippen molar-refractivity contribution in [1.82, 2.24) is 0 Å². The van der Waals surface area contributed by atoms with Crippen LogP contribution in [0.4, 0.5) is 0 Å². The van der Waals surface area contributed by atoms with Crippen LogP contribution in [-0.2, 0) is 11.4 Å². The van der Waals surface area contributed by atoms with Gasteiger partial charge in [-0.3, -0.25) is 0 Å². The van der Waals surface area contributed by atoms with Crippen molar-refractivity contribution in [1.29, 1.82) is 0 Å². The van der Waals surface area contributed by atoms with Crippen LogP contribution >= 0.6 is 162 Å². The fourth-order valence-electron chi connectivity index (χ4n) is 0.750. The summed E-state index contributed by atoms with van der Waals surface area (Å²) in [5.41, 5.74) is 0. The summed E-state index contributed by atoms with van der Waals surface area (Å²) in [7, 11) is 0. The molecule has 0 spiro atoms. The maximum atomic E-state index is 8.56. The SMILES string of the molecule is ClC(Cl)(Cl)C(Cl)(Cl)C(Cl)(Cl)C(Cl)(Cl)C(Cl)(Cl)C(Cl)(Cl)Cl.O=S([O-])O.[K+]. The maximum absolute atomic E-state index is 8.56. The fourth-order valence-corrected chi connectivity index (χ4v) is 4.27. The van der Waals surface area contributed by atoms with E-state index in [0.717, 1.165) is 0 Å². The van der Waals surface area contributed by atoms with Crippen molar-refractivity contribution in [2.75, 3.05) is 0 Å². The van der Waals surface area contributed by atoms with Crippen molar-refractivity contribution in [3.05, 3.63) is 0 Å². The van der Waals surface area contributed by atoms with Crippen LogP contribution in [0.2, 0.25) is 0 Å². The largest absolute Gasteiger partial charge is 1.00 e. The molecular formula is C6HCl14KO3S. The Hall–Kier alpha value is 5.77. The minimum absolute atomic E-state index is 0. The van der Waals surface area contributed by atoms with Crippen LogP contribution < -0.4 is 51.4 Å². The maximum Gasteiger partial charge on any atom is 1.00 e. The summed E-state index contributed by atoms with van der Waals surface area (Å²) in [6, 6.07) is 0. The van der Waals surface area contributed by atoms with Gasteiger partial charge in [-0.1, -0.05) is 162 Å². The summed E-state index contributed by atoms with van der Waals surface area (Å²) in [5, 5.41) is 0. The average molecular weight is 689 g/mol. The molecule has 25 heavy (non-hydrogen) atoms. The zero-order valence-electron chi connectivity index (χ0n) is 11.0. The van der Waals surface area contributed by atoms with E-state index >= 15 is 0 Å². The van der Waals surface area contributed by atoms with Crippen LogP contribution in [-0.4, -0.2) is 38.2 Å². The van der Waals surface area contributed by atoms with Crippen LogP contribution in [0.5, 0.6) is 0 Å². The second kappa shape index (κ2) is 12.3. The monoisotopic (exact) mass is 681 g/mol. The van der Waals surface area contributed by atoms with E-state index in [1.807, 2.05) is 0 Å². The van der Waals surface area contributed by atoms with E-state index in [9.17, 15) is 0 Å². The zero-order chi connectivity index (χ0) is 20.6. The molecule has 0 aromatic rings. The van der Waals surface area contributed by atoms with Crippen molar-refractivity contribution in [3.8, 4) is 0 Å². The van der Waals surface area contributed by atoms with E-state index in [2.05, 4.69) is 0 Å². The van der Waals surface area contributed by atoms with Gasteiger partial charge < -0.3 is 9.11 Å². The molecule has 0 saturated carbocycles. The van der Waals surface area contributed by atoms with Gasteiger partial charge in [-0.2, -0.15) is 0 Å². The Kier molecular flexibility index (Phi) is 17.4. The Morgan fingerprint density at radius 2 is 0.680 bits per heavy atom. The van der Waals surface area contributed by atoms with Crippen LogP contribution in [0.1, 0.15) is 0 Å². The molecule has 0 rings (SSSR count). The van der Waals surface area contributed by atoms with E-state index < -0.39 is 36.3 Å². The number of halogens is 14. The number of hydrogen-bond donors (Lipinski definition) is 1. The topological polar surface area (TPSA) is 60.4 Å². The molecule has 0 aliphatic rings. The first-order chi connectivity index (χ1) is 9.98. The van der Waals surface area contributed by atoms with Crippen molar-refractivity contribution in [3.63, 3.8) is 0 Å². The van der Waals surface area contributed by atoms with Gasteiger partial charge in [0.1, 0.15) is 0 Å². The van der Waals surface area contributed by atoms with Gasteiger partial charge in [0.2, 0.25) is 16.3 Å². The fraction of sp³-hybridized carbons (Fsp3) is 1.00. The second-order valence-electron chi connectivity index (χ2n) is 3.51. The summed E-state index contributed by atoms with van der Waals surface area (Å²) in [6.07, 6.45) is 0.